The Morgan fingerprint density at radius 1 is 0.667 bits per heavy atom. The molecule has 0 spiro atoms. The third kappa shape index (κ3) is 11.8. The first-order chi connectivity index (χ1) is 24.5. The van der Waals surface area contributed by atoms with E-state index in [1.54, 1.807) is 0 Å². The molecule has 0 atom stereocenters. The van der Waals surface area contributed by atoms with Gasteiger partial charge in [0.1, 0.15) is 5.60 Å². The van der Waals surface area contributed by atoms with Crippen molar-refractivity contribution in [1.29, 1.82) is 0 Å². The number of piperazine rings is 2. The fourth-order valence-electron chi connectivity index (χ4n) is 7.63. The van der Waals surface area contributed by atoms with E-state index in [2.05, 4.69) is 75.2 Å². The van der Waals surface area contributed by atoms with Crippen LogP contribution >= 0.6 is 0 Å². The van der Waals surface area contributed by atoms with Crippen molar-refractivity contribution < 1.29 is 19.0 Å². The van der Waals surface area contributed by atoms with Crippen LogP contribution in [-0.2, 0) is 27.3 Å². The standard InChI is InChI=1S/C23H37N3O3.C18H29N3O/c1-18-6-7-19(21(16-18)25-10-8-20(28-5)9-11-25)17-24-12-14-26(15-13-24)22(27)29-23(2,3)4;1-15-3-4-16(14-20-11-7-19-8-12-20)18(13-15)21-9-5-17(22-2)6-10-21/h6-7,16,20H,8-15,17H2,1-5H3;3-4,13,17,19H,5-12,14H2,1-2H3. The second-order valence-electron chi connectivity index (χ2n) is 15.9. The fraction of sp³-hybridized carbons (Fsp3) is 0.683. The highest BCUT2D eigenvalue weighted by Gasteiger charge is 2.27. The number of rotatable bonds is 8. The molecular weight excluding hydrogens is 640 g/mol. The molecule has 0 unspecified atom stereocenters. The maximum absolute atomic E-state index is 12.3. The molecule has 2 aromatic rings. The maximum atomic E-state index is 12.3. The number of benzene rings is 2. The molecule has 51 heavy (non-hydrogen) atoms. The summed E-state index contributed by atoms with van der Waals surface area (Å²) in [6.07, 6.45) is 5.07. The fourth-order valence-corrected chi connectivity index (χ4v) is 7.63. The Labute approximate surface area is 308 Å². The SMILES string of the molecule is COC1CCN(c2cc(C)ccc2CN2CCN(C(=O)OC(C)(C)C)CC2)CC1.COC1CCN(c2cc(C)ccc2CN2CCNCC2)CC1. The summed E-state index contributed by atoms with van der Waals surface area (Å²) < 4.78 is 16.6. The van der Waals surface area contributed by atoms with Crippen molar-refractivity contribution in [2.75, 3.05) is 103 Å². The van der Waals surface area contributed by atoms with E-state index in [1.807, 2.05) is 39.9 Å². The number of piperidine rings is 2. The lowest BCUT2D eigenvalue weighted by molar-refractivity contribution is 0.0139. The predicted octanol–water partition coefficient (Wildman–Crippen LogP) is 5.68. The van der Waals surface area contributed by atoms with E-state index in [4.69, 9.17) is 14.2 Å². The summed E-state index contributed by atoms with van der Waals surface area (Å²) >= 11 is 0. The number of anilines is 2. The molecule has 6 rings (SSSR count). The van der Waals surface area contributed by atoms with Crippen LogP contribution in [0.25, 0.3) is 0 Å². The number of methoxy groups -OCH3 is 2. The van der Waals surface area contributed by atoms with Gasteiger partial charge in [0.2, 0.25) is 0 Å². The monoisotopic (exact) mass is 707 g/mol. The Morgan fingerprint density at radius 3 is 1.51 bits per heavy atom. The van der Waals surface area contributed by atoms with E-state index < -0.39 is 5.60 Å². The number of nitrogens with zero attached hydrogens (tertiary/aromatic N) is 5. The lowest BCUT2D eigenvalue weighted by atomic mass is 10.0. The summed E-state index contributed by atoms with van der Waals surface area (Å²) in [6, 6.07) is 13.7. The van der Waals surface area contributed by atoms with Crippen molar-refractivity contribution in [3.63, 3.8) is 0 Å². The van der Waals surface area contributed by atoms with Gasteiger partial charge in [-0.05, 0) is 94.7 Å². The minimum atomic E-state index is -0.443. The second kappa shape index (κ2) is 18.7. The van der Waals surface area contributed by atoms with Crippen LogP contribution in [0.2, 0.25) is 0 Å². The predicted molar refractivity (Wildman–Crippen MR) is 208 cm³/mol. The molecule has 0 saturated carbocycles. The summed E-state index contributed by atoms with van der Waals surface area (Å²) in [5, 5.41) is 3.43. The van der Waals surface area contributed by atoms with E-state index in [9.17, 15) is 4.79 Å². The zero-order valence-electron chi connectivity index (χ0n) is 32.7. The average molecular weight is 707 g/mol. The molecule has 0 radical (unpaired) electrons. The van der Waals surface area contributed by atoms with Gasteiger partial charge in [-0.2, -0.15) is 0 Å². The molecule has 1 amide bonds. The van der Waals surface area contributed by atoms with Crippen molar-refractivity contribution >= 4 is 17.5 Å². The van der Waals surface area contributed by atoms with E-state index in [-0.39, 0.29) is 6.09 Å². The van der Waals surface area contributed by atoms with Crippen LogP contribution in [0.4, 0.5) is 16.2 Å². The van der Waals surface area contributed by atoms with Gasteiger partial charge < -0.3 is 34.2 Å². The summed E-state index contributed by atoms with van der Waals surface area (Å²) in [5.41, 5.74) is 7.85. The molecule has 4 heterocycles. The molecule has 4 aliphatic rings. The largest absolute Gasteiger partial charge is 0.444 e. The highest BCUT2D eigenvalue weighted by molar-refractivity contribution is 5.68. The van der Waals surface area contributed by atoms with Gasteiger partial charge in [0, 0.05) is 117 Å². The lowest BCUT2D eigenvalue weighted by Crippen LogP contribution is -2.49. The Hall–Kier alpha value is -2.89. The van der Waals surface area contributed by atoms with Crippen LogP contribution in [0.5, 0.6) is 0 Å². The summed E-state index contributed by atoms with van der Waals surface area (Å²) in [4.78, 5) is 24.2. The summed E-state index contributed by atoms with van der Waals surface area (Å²) in [5.74, 6) is 0. The number of carbonyl (C=O) groups excluding carboxylic acids is 1. The molecule has 10 nitrogen and oxygen atoms in total. The number of hydrogen-bond donors (Lipinski definition) is 1. The Morgan fingerprint density at radius 2 is 1.10 bits per heavy atom. The number of nitrogens with one attached hydrogen (secondary N) is 1. The lowest BCUT2D eigenvalue weighted by Gasteiger charge is -2.37. The maximum Gasteiger partial charge on any atom is 0.410 e. The Kier molecular flexibility index (Phi) is 14.4. The molecule has 0 aliphatic carbocycles. The Bertz CT molecular complexity index is 1370. The van der Waals surface area contributed by atoms with Crippen LogP contribution in [0, 0.1) is 13.8 Å². The minimum Gasteiger partial charge on any atom is -0.444 e. The highest BCUT2D eigenvalue weighted by atomic mass is 16.6. The minimum absolute atomic E-state index is 0.200. The molecule has 1 N–H and O–H groups in total. The summed E-state index contributed by atoms with van der Waals surface area (Å²) in [7, 11) is 3.65. The first-order valence-electron chi connectivity index (χ1n) is 19.4. The summed E-state index contributed by atoms with van der Waals surface area (Å²) in [6.45, 7) is 24.1. The molecule has 10 heteroatoms. The highest BCUT2D eigenvalue weighted by Crippen LogP contribution is 2.29. The molecular formula is C41H66N6O4. The topological polar surface area (TPSA) is 73.0 Å². The van der Waals surface area contributed by atoms with Gasteiger partial charge in [0.25, 0.3) is 0 Å². The zero-order chi connectivity index (χ0) is 36.4. The van der Waals surface area contributed by atoms with Gasteiger partial charge in [-0.15, -0.1) is 0 Å². The number of ether oxygens (including phenoxy) is 3. The van der Waals surface area contributed by atoms with Gasteiger partial charge in [0.05, 0.1) is 12.2 Å². The van der Waals surface area contributed by atoms with Crippen LogP contribution in [0.3, 0.4) is 0 Å². The van der Waals surface area contributed by atoms with Crippen LogP contribution in [0.15, 0.2) is 36.4 Å². The molecule has 4 aliphatic heterocycles. The molecule has 284 valence electrons. The first kappa shape index (κ1) is 39.3. The zero-order valence-corrected chi connectivity index (χ0v) is 32.7. The molecule has 0 bridgehead atoms. The Balaban J connectivity index is 0.000000205. The third-order valence-electron chi connectivity index (χ3n) is 10.7. The molecule has 4 saturated heterocycles. The van der Waals surface area contributed by atoms with Gasteiger partial charge >= 0.3 is 6.09 Å². The van der Waals surface area contributed by atoms with Crippen LogP contribution in [0.1, 0.15) is 68.7 Å². The van der Waals surface area contributed by atoms with Crippen molar-refractivity contribution in [2.45, 2.75) is 91.2 Å². The number of aryl methyl sites for hydroxylation is 2. The third-order valence-corrected chi connectivity index (χ3v) is 10.7. The molecule has 0 aromatic heterocycles. The quantitative estimate of drug-likeness (QED) is 0.374. The smallest absolute Gasteiger partial charge is 0.410 e. The van der Waals surface area contributed by atoms with E-state index in [1.165, 1.54) is 33.6 Å². The first-order valence-corrected chi connectivity index (χ1v) is 19.4. The van der Waals surface area contributed by atoms with Crippen molar-refractivity contribution in [2.24, 2.45) is 0 Å². The molecule has 4 fully saturated rings. The van der Waals surface area contributed by atoms with Crippen LogP contribution in [-0.4, -0.2) is 131 Å². The van der Waals surface area contributed by atoms with Gasteiger partial charge in [0.15, 0.2) is 0 Å². The number of hydrogen-bond acceptors (Lipinski definition) is 9. The van der Waals surface area contributed by atoms with Crippen molar-refractivity contribution in [1.82, 2.24) is 20.0 Å². The van der Waals surface area contributed by atoms with Gasteiger partial charge in [-0.3, -0.25) is 9.80 Å². The second-order valence-corrected chi connectivity index (χ2v) is 15.9. The van der Waals surface area contributed by atoms with E-state index in [0.717, 1.165) is 117 Å². The normalized spacial score (nSPS) is 20.3. The van der Waals surface area contributed by atoms with Gasteiger partial charge in [-0.1, -0.05) is 24.3 Å². The number of amides is 1. The van der Waals surface area contributed by atoms with Crippen molar-refractivity contribution in [3.05, 3.63) is 58.7 Å². The van der Waals surface area contributed by atoms with Crippen molar-refractivity contribution in [3.8, 4) is 0 Å². The van der Waals surface area contributed by atoms with E-state index in [0.29, 0.717) is 12.2 Å². The van der Waals surface area contributed by atoms with E-state index >= 15 is 0 Å². The number of carbonyl (C=O) groups is 1. The van der Waals surface area contributed by atoms with Crippen LogP contribution < -0.4 is 15.1 Å². The van der Waals surface area contributed by atoms with Gasteiger partial charge in [-0.25, -0.2) is 4.79 Å². The average Bonchev–Trinajstić information content (AvgIpc) is 3.13. The molecule has 2 aromatic carbocycles.